The SMILES string of the molecule is Cc1ccnc(NC(c2cccs2)C(C)C)c1C(=O)O. The molecule has 0 saturated heterocycles. The number of aromatic nitrogens is 1. The summed E-state index contributed by atoms with van der Waals surface area (Å²) in [5, 5.41) is 14.7. The van der Waals surface area contributed by atoms with Gasteiger partial charge >= 0.3 is 5.97 Å². The van der Waals surface area contributed by atoms with Crippen LogP contribution in [0, 0.1) is 12.8 Å². The molecule has 20 heavy (non-hydrogen) atoms. The lowest BCUT2D eigenvalue weighted by Crippen LogP contribution is -2.19. The summed E-state index contributed by atoms with van der Waals surface area (Å²) in [5.74, 6) is -0.186. The molecule has 1 atom stereocenters. The number of anilines is 1. The average molecular weight is 290 g/mol. The molecule has 0 fully saturated rings. The zero-order valence-electron chi connectivity index (χ0n) is 11.8. The summed E-state index contributed by atoms with van der Waals surface area (Å²) in [7, 11) is 0. The van der Waals surface area contributed by atoms with Gasteiger partial charge in [-0.05, 0) is 35.9 Å². The summed E-state index contributed by atoms with van der Waals surface area (Å²) in [6.07, 6.45) is 1.63. The number of pyridine rings is 1. The molecule has 0 amide bonds. The normalized spacial score (nSPS) is 12.4. The number of hydrogen-bond donors (Lipinski definition) is 2. The third kappa shape index (κ3) is 2.99. The van der Waals surface area contributed by atoms with Crippen molar-refractivity contribution in [2.75, 3.05) is 5.32 Å². The van der Waals surface area contributed by atoms with E-state index < -0.39 is 5.97 Å². The second-order valence-electron chi connectivity index (χ2n) is 5.04. The maximum absolute atomic E-state index is 11.4. The highest BCUT2D eigenvalue weighted by Gasteiger charge is 2.21. The van der Waals surface area contributed by atoms with Gasteiger partial charge in [-0.1, -0.05) is 19.9 Å². The van der Waals surface area contributed by atoms with Crippen LogP contribution in [-0.4, -0.2) is 16.1 Å². The van der Waals surface area contributed by atoms with Crippen LogP contribution in [0.4, 0.5) is 5.82 Å². The Morgan fingerprint density at radius 1 is 1.40 bits per heavy atom. The first-order chi connectivity index (χ1) is 9.50. The Kier molecular flexibility index (Phi) is 4.39. The molecule has 0 saturated carbocycles. The van der Waals surface area contributed by atoms with Crippen molar-refractivity contribution in [3.63, 3.8) is 0 Å². The van der Waals surface area contributed by atoms with Gasteiger partial charge in [0.25, 0.3) is 0 Å². The fraction of sp³-hybridized carbons (Fsp3) is 0.333. The number of carboxylic acid groups (broad SMARTS) is 1. The van der Waals surface area contributed by atoms with Gasteiger partial charge in [0.2, 0.25) is 0 Å². The molecule has 0 spiro atoms. The van der Waals surface area contributed by atoms with Gasteiger partial charge in [-0.15, -0.1) is 11.3 Å². The van der Waals surface area contributed by atoms with Crippen LogP contribution in [0.2, 0.25) is 0 Å². The standard InChI is InChI=1S/C15H18N2O2S/c1-9(2)13(11-5-4-8-20-11)17-14-12(15(18)19)10(3)6-7-16-14/h4-9,13H,1-3H3,(H,16,17)(H,18,19). The van der Waals surface area contributed by atoms with Gasteiger partial charge in [0.05, 0.1) is 6.04 Å². The number of hydrogen-bond acceptors (Lipinski definition) is 4. The second kappa shape index (κ2) is 6.05. The molecule has 2 aromatic rings. The van der Waals surface area contributed by atoms with E-state index in [4.69, 9.17) is 0 Å². The average Bonchev–Trinajstić information content (AvgIpc) is 2.88. The first kappa shape index (κ1) is 14.5. The zero-order chi connectivity index (χ0) is 14.7. The van der Waals surface area contributed by atoms with Gasteiger partial charge in [-0.3, -0.25) is 0 Å². The molecule has 2 heterocycles. The van der Waals surface area contributed by atoms with Gasteiger partial charge in [-0.2, -0.15) is 0 Å². The first-order valence-corrected chi connectivity index (χ1v) is 7.37. The zero-order valence-corrected chi connectivity index (χ0v) is 12.6. The maximum atomic E-state index is 11.4. The molecule has 0 aliphatic rings. The van der Waals surface area contributed by atoms with Gasteiger partial charge in [0.15, 0.2) is 0 Å². The minimum Gasteiger partial charge on any atom is -0.478 e. The highest BCUT2D eigenvalue weighted by molar-refractivity contribution is 7.10. The minimum absolute atomic E-state index is 0.0578. The number of carbonyl (C=O) groups is 1. The predicted molar refractivity (Wildman–Crippen MR) is 81.5 cm³/mol. The van der Waals surface area contributed by atoms with Crippen molar-refractivity contribution in [2.24, 2.45) is 5.92 Å². The van der Waals surface area contributed by atoms with Crippen molar-refractivity contribution < 1.29 is 9.90 Å². The lowest BCUT2D eigenvalue weighted by Gasteiger charge is -2.23. The van der Waals surface area contributed by atoms with Crippen molar-refractivity contribution >= 4 is 23.1 Å². The van der Waals surface area contributed by atoms with Crippen LogP contribution >= 0.6 is 11.3 Å². The Labute approximate surface area is 122 Å². The van der Waals surface area contributed by atoms with E-state index in [-0.39, 0.29) is 11.6 Å². The molecule has 4 nitrogen and oxygen atoms in total. The Hall–Kier alpha value is -1.88. The first-order valence-electron chi connectivity index (χ1n) is 6.49. The van der Waals surface area contributed by atoms with E-state index in [1.165, 1.54) is 4.88 Å². The molecule has 2 rings (SSSR count). The van der Waals surface area contributed by atoms with Crippen LogP contribution in [0.5, 0.6) is 0 Å². The van der Waals surface area contributed by atoms with E-state index in [0.29, 0.717) is 17.3 Å². The number of aromatic carboxylic acids is 1. The molecular formula is C15H18N2O2S. The van der Waals surface area contributed by atoms with Crippen molar-refractivity contribution in [3.05, 3.63) is 45.8 Å². The largest absolute Gasteiger partial charge is 0.478 e. The fourth-order valence-corrected chi connectivity index (χ4v) is 3.07. The van der Waals surface area contributed by atoms with Crippen LogP contribution < -0.4 is 5.32 Å². The van der Waals surface area contributed by atoms with Gasteiger partial charge in [0.1, 0.15) is 11.4 Å². The van der Waals surface area contributed by atoms with Crippen molar-refractivity contribution in [2.45, 2.75) is 26.8 Å². The van der Waals surface area contributed by atoms with E-state index in [1.807, 2.05) is 11.4 Å². The molecule has 0 radical (unpaired) electrons. The summed E-state index contributed by atoms with van der Waals surface area (Å²) in [6, 6.07) is 5.82. The topological polar surface area (TPSA) is 62.2 Å². The lowest BCUT2D eigenvalue weighted by molar-refractivity contribution is 0.0696. The van der Waals surface area contributed by atoms with Crippen molar-refractivity contribution in [1.29, 1.82) is 0 Å². The lowest BCUT2D eigenvalue weighted by atomic mass is 10.0. The molecule has 5 heteroatoms. The van der Waals surface area contributed by atoms with E-state index in [2.05, 4.69) is 30.2 Å². The number of carboxylic acids is 1. The Morgan fingerprint density at radius 3 is 2.70 bits per heavy atom. The van der Waals surface area contributed by atoms with E-state index in [0.717, 1.165) is 0 Å². The highest BCUT2D eigenvalue weighted by atomic mass is 32.1. The van der Waals surface area contributed by atoms with Crippen LogP contribution in [0.15, 0.2) is 29.8 Å². The number of nitrogens with one attached hydrogen (secondary N) is 1. The summed E-state index contributed by atoms with van der Waals surface area (Å²) in [4.78, 5) is 16.8. The monoisotopic (exact) mass is 290 g/mol. The van der Waals surface area contributed by atoms with E-state index in [9.17, 15) is 9.90 Å². The Balaban J connectivity index is 2.37. The van der Waals surface area contributed by atoms with Crippen LogP contribution in [0.1, 0.15) is 40.7 Å². The molecule has 2 aromatic heterocycles. The van der Waals surface area contributed by atoms with E-state index >= 15 is 0 Å². The van der Waals surface area contributed by atoms with Gasteiger partial charge < -0.3 is 10.4 Å². The molecule has 106 valence electrons. The molecule has 2 N–H and O–H groups in total. The quantitative estimate of drug-likeness (QED) is 0.875. The molecule has 1 unspecified atom stereocenters. The molecule has 0 aromatic carbocycles. The van der Waals surface area contributed by atoms with Crippen molar-refractivity contribution in [1.82, 2.24) is 4.98 Å². The van der Waals surface area contributed by atoms with Crippen molar-refractivity contribution in [3.8, 4) is 0 Å². The Bertz CT molecular complexity index is 594. The third-order valence-corrected chi connectivity index (χ3v) is 4.14. The van der Waals surface area contributed by atoms with Crippen LogP contribution in [-0.2, 0) is 0 Å². The highest BCUT2D eigenvalue weighted by Crippen LogP contribution is 2.30. The van der Waals surface area contributed by atoms with E-state index in [1.54, 1.807) is 30.5 Å². The second-order valence-corrected chi connectivity index (χ2v) is 6.02. The molecule has 0 aliphatic heterocycles. The maximum Gasteiger partial charge on any atom is 0.339 e. The predicted octanol–water partition coefficient (Wildman–Crippen LogP) is 3.96. The minimum atomic E-state index is -0.952. The van der Waals surface area contributed by atoms with Crippen LogP contribution in [0.25, 0.3) is 0 Å². The van der Waals surface area contributed by atoms with Gasteiger partial charge in [0, 0.05) is 11.1 Å². The molecule has 0 bridgehead atoms. The number of aryl methyl sites for hydroxylation is 1. The molecule has 0 aliphatic carbocycles. The summed E-state index contributed by atoms with van der Waals surface area (Å²) in [5.41, 5.74) is 0.957. The summed E-state index contributed by atoms with van der Waals surface area (Å²) >= 11 is 1.66. The van der Waals surface area contributed by atoms with Crippen LogP contribution in [0.3, 0.4) is 0 Å². The summed E-state index contributed by atoms with van der Waals surface area (Å²) in [6.45, 7) is 5.99. The Morgan fingerprint density at radius 2 is 2.15 bits per heavy atom. The third-order valence-electron chi connectivity index (χ3n) is 3.18. The fourth-order valence-electron chi connectivity index (χ4n) is 2.12. The molecular weight excluding hydrogens is 272 g/mol. The number of rotatable bonds is 5. The van der Waals surface area contributed by atoms with Gasteiger partial charge in [-0.25, -0.2) is 9.78 Å². The summed E-state index contributed by atoms with van der Waals surface area (Å²) < 4.78 is 0. The number of nitrogens with zero attached hydrogens (tertiary/aromatic N) is 1. The smallest absolute Gasteiger partial charge is 0.339 e. The number of thiophene rings is 1.